The minimum atomic E-state index is -0.185. The van der Waals surface area contributed by atoms with Crippen molar-refractivity contribution >= 4 is 41.7 Å². The molecule has 2 rings (SSSR count). The SMILES string of the molecule is CCNC(=NCC1CCCS1)NCCc1ccc(F)cc1.I. The third kappa shape index (κ3) is 7.17. The van der Waals surface area contributed by atoms with E-state index >= 15 is 0 Å². The molecule has 6 heteroatoms. The van der Waals surface area contributed by atoms with Crippen LogP contribution < -0.4 is 10.6 Å². The van der Waals surface area contributed by atoms with Gasteiger partial charge in [-0.25, -0.2) is 4.39 Å². The summed E-state index contributed by atoms with van der Waals surface area (Å²) in [6.07, 6.45) is 3.46. The normalized spacial score (nSPS) is 17.9. The van der Waals surface area contributed by atoms with E-state index in [2.05, 4.69) is 22.5 Å². The fourth-order valence-electron chi connectivity index (χ4n) is 2.30. The maximum absolute atomic E-state index is 12.8. The van der Waals surface area contributed by atoms with Gasteiger partial charge in [0.05, 0.1) is 6.54 Å². The number of nitrogens with zero attached hydrogens (tertiary/aromatic N) is 1. The summed E-state index contributed by atoms with van der Waals surface area (Å²) >= 11 is 2.03. The molecule has 0 bridgehead atoms. The van der Waals surface area contributed by atoms with Crippen molar-refractivity contribution in [2.75, 3.05) is 25.4 Å². The average molecular weight is 437 g/mol. The smallest absolute Gasteiger partial charge is 0.191 e. The Hall–Kier alpha value is -0.500. The summed E-state index contributed by atoms with van der Waals surface area (Å²) in [4.78, 5) is 4.65. The van der Waals surface area contributed by atoms with E-state index in [1.165, 1.54) is 30.7 Å². The van der Waals surface area contributed by atoms with Crippen molar-refractivity contribution in [3.8, 4) is 0 Å². The maximum Gasteiger partial charge on any atom is 0.191 e. The van der Waals surface area contributed by atoms with Gasteiger partial charge in [-0.15, -0.1) is 24.0 Å². The van der Waals surface area contributed by atoms with Crippen LogP contribution in [0.2, 0.25) is 0 Å². The quantitative estimate of drug-likeness (QED) is 0.407. The molecule has 0 aliphatic carbocycles. The largest absolute Gasteiger partial charge is 0.357 e. The fraction of sp³-hybridized carbons (Fsp3) is 0.562. The molecule has 1 unspecified atom stereocenters. The maximum atomic E-state index is 12.8. The topological polar surface area (TPSA) is 36.4 Å². The summed E-state index contributed by atoms with van der Waals surface area (Å²) in [5.41, 5.74) is 1.13. The first-order chi connectivity index (χ1) is 10.3. The zero-order valence-electron chi connectivity index (χ0n) is 13.0. The van der Waals surface area contributed by atoms with Crippen LogP contribution in [0.15, 0.2) is 29.3 Å². The molecule has 1 fully saturated rings. The van der Waals surface area contributed by atoms with E-state index in [9.17, 15) is 4.39 Å². The molecule has 22 heavy (non-hydrogen) atoms. The number of nitrogens with one attached hydrogen (secondary N) is 2. The van der Waals surface area contributed by atoms with Crippen LogP contribution in [0.4, 0.5) is 4.39 Å². The first-order valence-corrected chi connectivity index (χ1v) is 8.71. The molecule has 0 spiro atoms. The van der Waals surface area contributed by atoms with Crippen LogP contribution in [0.1, 0.15) is 25.3 Å². The van der Waals surface area contributed by atoms with Crippen LogP contribution in [0.25, 0.3) is 0 Å². The second-order valence-corrected chi connectivity index (χ2v) is 6.57. The predicted octanol–water partition coefficient (Wildman–Crippen LogP) is 3.44. The van der Waals surface area contributed by atoms with Crippen molar-refractivity contribution in [2.45, 2.75) is 31.4 Å². The first-order valence-electron chi connectivity index (χ1n) is 7.66. The lowest BCUT2D eigenvalue weighted by atomic mass is 10.1. The Bertz CT molecular complexity index is 447. The van der Waals surface area contributed by atoms with E-state index < -0.39 is 0 Å². The molecule has 124 valence electrons. The van der Waals surface area contributed by atoms with Gasteiger partial charge in [0.25, 0.3) is 0 Å². The van der Waals surface area contributed by atoms with E-state index in [0.717, 1.165) is 37.6 Å². The molecule has 0 saturated carbocycles. The van der Waals surface area contributed by atoms with E-state index in [1.54, 1.807) is 0 Å². The molecule has 3 nitrogen and oxygen atoms in total. The number of hydrogen-bond donors (Lipinski definition) is 2. The molecular weight excluding hydrogens is 412 g/mol. The second kappa shape index (κ2) is 11.1. The number of hydrogen-bond acceptors (Lipinski definition) is 2. The highest BCUT2D eigenvalue weighted by Gasteiger charge is 2.14. The molecule has 1 heterocycles. The Morgan fingerprint density at radius 3 is 2.73 bits per heavy atom. The van der Waals surface area contributed by atoms with Gasteiger partial charge in [0.1, 0.15) is 5.82 Å². The van der Waals surface area contributed by atoms with E-state index in [4.69, 9.17) is 0 Å². The summed E-state index contributed by atoms with van der Waals surface area (Å²) < 4.78 is 12.8. The number of aliphatic imine (C=N–C) groups is 1. The Labute approximate surface area is 154 Å². The van der Waals surface area contributed by atoms with Crippen molar-refractivity contribution in [1.82, 2.24) is 10.6 Å². The zero-order valence-corrected chi connectivity index (χ0v) is 16.1. The lowest BCUT2D eigenvalue weighted by Gasteiger charge is -2.12. The number of rotatable bonds is 6. The van der Waals surface area contributed by atoms with Crippen molar-refractivity contribution in [1.29, 1.82) is 0 Å². The van der Waals surface area contributed by atoms with Crippen molar-refractivity contribution in [3.63, 3.8) is 0 Å². The van der Waals surface area contributed by atoms with Crippen LogP contribution in [-0.2, 0) is 6.42 Å². The number of halogens is 2. The van der Waals surface area contributed by atoms with E-state index in [1.807, 2.05) is 23.9 Å². The molecule has 0 amide bonds. The Morgan fingerprint density at radius 2 is 2.09 bits per heavy atom. The van der Waals surface area contributed by atoms with Gasteiger partial charge in [0.15, 0.2) is 5.96 Å². The number of guanidine groups is 1. The molecular formula is C16H25FIN3S. The monoisotopic (exact) mass is 437 g/mol. The van der Waals surface area contributed by atoms with Gasteiger partial charge in [-0.3, -0.25) is 4.99 Å². The van der Waals surface area contributed by atoms with E-state index in [0.29, 0.717) is 5.25 Å². The van der Waals surface area contributed by atoms with Gasteiger partial charge >= 0.3 is 0 Å². The van der Waals surface area contributed by atoms with Crippen molar-refractivity contribution in [3.05, 3.63) is 35.6 Å². The van der Waals surface area contributed by atoms with Crippen LogP contribution in [-0.4, -0.2) is 36.6 Å². The number of thioether (sulfide) groups is 1. The summed E-state index contributed by atoms with van der Waals surface area (Å²) in [6, 6.07) is 6.67. The summed E-state index contributed by atoms with van der Waals surface area (Å²) in [5, 5.41) is 7.29. The van der Waals surface area contributed by atoms with Crippen molar-refractivity contribution in [2.24, 2.45) is 4.99 Å². The van der Waals surface area contributed by atoms with Gasteiger partial charge in [-0.05, 0) is 49.6 Å². The average Bonchev–Trinajstić information content (AvgIpc) is 3.00. The standard InChI is InChI=1S/C16H24FN3S.HI/c1-2-18-16(20-12-15-4-3-11-21-15)19-10-9-13-5-7-14(17)8-6-13;/h5-8,15H,2-4,9-12H2,1H3,(H2,18,19,20);1H. The lowest BCUT2D eigenvalue weighted by Crippen LogP contribution is -2.38. The van der Waals surface area contributed by atoms with Crippen molar-refractivity contribution < 1.29 is 4.39 Å². The summed E-state index contributed by atoms with van der Waals surface area (Å²) in [5.74, 6) is 1.97. The summed E-state index contributed by atoms with van der Waals surface area (Å²) in [7, 11) is 0. The first kappa shape index (κ1) is 19.5. The molecule has 2 N–H and O–H groups in total. The summed E-state index contributed by atoms with van der Waals surface area (Å²) in [6.45, 7) is 4.62. The highest BCUT2D eigenvalue weighted by molar-refractivity contribution is 14.0. The Morgan fingerprint density at radius 1 is 1.32 bits per heavy atom. The van der Waals surface area contributed by atoms with Gasteiger partial charge < -0.3 is 10.6 Å². The minimum Gasteiger partial charge on any atom is -0.357 e. The van der Waals surface area contributed by atoms with Gasteiger partial charge in [-0.1, -0.05) is 12.1 Å². The van der Waals surface area contributed by atoms with E-state index in [-0.39, 0.29) is 29.8 Å². The molecule has 1 aliphatic rings. The second-order valence-electron chi connectivity index (χ2n) is 5.16. The molecule has 1 aromatic carbocycles. The predicted molar refractivity (Wildman–Crippen MR) is 105 cm³/mol. The van der Waals surface area contributed by atoms with Crippen LogP contribution in [0, 0.1) is 5.82 Å². The van der Waals surface area contributed by atoms with Crippen LogP contribution in [0.5, 0.6) is 0 Å². The van der Waals surface area contributed by atoms with Crippen LogP contribution >= 0.6 is 35.7 Å². The highest BCUT2D eigenvalue weighted by Crippen LogP contribution is 2.25. The molecule has 1 aliphatic heterocycles. The molecule has 1 aromatic rings. The minimum absolute atomic E-state index is 0. The van der Waals surface area contributed by atoms with Gasteiger partial charge in [0, 0.05) is 18.3 Å². The van der Waals surface area contributed by atoms with Gasteiger partial charge in [-0.2, -0.15) is 11.8 Å². The highest BCUT2D eigenvalue weighted by atomic mass is 127. The molecule has 0 aromatic heterocycles. The Kier molecular flexibility index (Phi) is 9.86. The molecule has 1 atom stereocenters. The Balaban J connectivity index is 0.00000242. The zero-order chi connectivity index (χ0) is 14.9. The van der Waals surface area contributed by atoms with Gasteiger partial charge in [0.2, 0.25) is 0 Å². The lowest BCUT2D eigenvalue weighted by molar-refractivity contribution is 0.626. The number of benzene rings is 1. The third-order valence-electron chi connectivity index (χ3n) is 3.44. The fourth-order valence-corrected chi connectivity index (χ4v) is 3.48. The van der Waals surface area contributed by atoms with Crippen LogP contribution in [0.3, 0.4) is 0 Å². The molecule has 0 radical (unpaired) electrons. The molecule has 1 saturated heterocycles. The third-order valence-corrected chi connectivity index (χ3v) is 4.82.